The molecule has 1 aliphatic heterocycles. The van der Waals surface area contributed by atoms with Gasteiger partial charge >= 0.3 is 0 Å². The lowest BCUT2D eigenvalue weighted by Crippen LogP contribution is -2.26. The van der Waals surface area contributed by atoms with Gasteiger partial charge < -0.3 is 10.5 Å². The summed E-state index contributed by atoms with van der Waals surface area (Å²) in [7, 11) is 0. The fraction of sp³-hybridized carbons (Fsp3) is 0.333. The van der Waals surface area contributed by atoms with Crippen LogP contribution in [-0.4, -0.2) is 31.1 Å². The third-order valence-corrected chi connectivity index (χ3v) is 4.13. The largest absolute Gasteiger partial charge is 0.490 e. The molecule has 1 heterocycles. The number of hydrogen-bond acceptors (Lipinski definition) is 3. The van der Waals surface area contributed by atoms with E-state index in [9.17, 15) is 0 Å². The molecule has 2 aromatic rings. The monoisotopic (exact) mass is 282 g/mol. The predicted molar refractivity (Wildman–Crippen MR) is 86.6 cm³/mol. The molecule has 3 nitrogen and oxygen atoms in total. The number of likely N-dealkylation sites (tertiary alicyclic amines) is 1. The van der Waals surface area contributed by atoms with Gasteiger partial charge in [0.25, 0.3) is 0 Å². The number of benzene rings is 2. The van der Waals surface area contributed by atoms with E-state index in [0.717, 1.165) is 25.4 Å². The Hall–Kier alpha value is -2.00. The highest BCUT2D eigenvalue weighted by molar-refractivity contribution is 5.51. The van der Waals surface area contributed by atoms with Crippen LogP contribution < -0.4 is 10.5 Å². The van der Waals surface area contributed by atoms with Gasteiger partial charge in [0, 0.05) is 13.1 Å². The van der Waals surface area contributed by atoms with Crippen molar-refractivity contribution in [1.82, 2.24) is 4.90 Å². The quantitative estimate of drug-likeness (QED) is 0.856. The second-order valence-corrected chi connectivity index (χ2v) is 5.58. The van der Waals surface area contributed by atoms with Crippen LogP contribution in [0.2, 0.25) is 0 Å². The van der Waals surface area contributed by atoms with Gasteiger partial charge in [-0.3, -0.25) is 4.90 Å². The number of para-hydroxylation sites is 2. The second kappa shape index (κ2) is 6.64. The van der Waals surface area contributed by atoms with Crippen LogP contribution in [0, 0.1) is 0 Å². The van der Waals surface area contributed by atoms with Gasteiger partial charge in [-0.1, -0.05) is 42.5 Å². The molecule has 3 rings (SSSR count). The average molecular weight is 282 g/mol. The third kappa shape index (κ3) is 3.56. The lowest BCUT2D eigenvalue weighted by Gasteiger charge is -2.17. The maximum Gasteiger partial charge on any atom is 0.142 e. The van der Waals surface area contributed by atoms with Crippen molar-refractivity contribution in [3.05, 3.63) is 60.2 Å². The van der Waals surface area contributed by atoms with Crippen LogP contribution in [0.25, 0.3) is 0 Å². The van der Waals surface area contributed by atoms with Gasteiger partial charge in [-0.15, -0.1) is 0 Å². The van der Waals surface area contributed by atoms with Crippen molar-refractivity contribution < 1.29 is 4.74 Å². The summed E-state index contributed by atoms with van der Waals surface area (Å²) in [5.74, 6) is 1.45. The molecule has 2 aromatic carbocycles. The first-order valence-corrected chi connectivity index (χ1v) is 7.57. The maximum absolute atomic E-state index is 5.87. The van der Waals surface area contributed by atoms with Crippen molar-refractivity contribution in [1.29, 1.82) is 0 Å². The Morgan fingerprint density at radius 1 is 1.05 bits per heavy atom. The highest BCUT2D eigenvalue weighted by atomic mass is 16.5. The highest BCUT2D eigenvalue weighted by Crippen LogP contribution is 2.26. The van der Waals surface area contributed by atoms with Gasteiger partial charge in [0.05, 0.1) is 5.69 Å². The van der Waals surface area contributed by atoms with Gasteiger partial charge in [0.15, 0.2) is 0 Å². The molecule has 1 unspecified atom stereocenters. The Kier molecular flexibility index (Phi) is 4.41. The first kappa shape index (κ1) is 14.0. The zero-order chi connectivity index (χ0) is 14.5. The zero-order valence-electron chi connectivity index (χ0n) is 12.2. The minimum atomic E-state index is 0.660. The molecule has 1 saturated heterocycles. The minimum Gasteiger partial charge on any atom is -0.490 e. The molecule has 0 amide bonds. The topological polar surface area (TPSA) is 38.5 Å². The van der Waals surface area contributed by atoms with Gasteiger partial charge in [0.1, 0.15) is 12.4 Å². The average Bonchev–Trinajstić information content (AvgIpc) is 2.99. The molecule has 1 aliphatic rings. The Morgan fingerprint density at radius 3 is 2.62 bits per heavy atom. The smallest absolute Gasteiger partial charge is 0.142 e. The number of hydrogen-bond donors (Lipinski definition) is 1. The Balaban J connectivity index is 1.46. The van der Waals surface area contributed by atoms with E-state index >= 15 is 0 Å². The van der Waals surface area contributed by atoms with Crippen molar-refractivity contribution in [3.8, 4) is 5.75 Å². The number of nitrogens with two attached hydrogens (primary N) is 1. The van der Waals surface area contributed by atoms with E-state index in [2.05, 4.69) is 35.2 Å². The maximum atomic E-state index is 5.87. The Bertz CT molecular complexity index is 570. The van der Waals surface area contributed by atoms with Crippen molar-refractivity contribution in [3.63, 3.8) is 0 Å². The van der Waals surface area contributed by atoms with E-state index < -0.39 is 0 Å². The highest BCUT2D eigenvalue weighted by Gasteiger charge is 2.23. The number of nitrogen functional groups attached to an aromatic ring is 1. The van der Waals surface area contributed by atoms with E-state index in [0.29, 0.717) is 18.2 Å². The molecule has 0 bridgehead atoms. The van der Waals surface area contributed by atoms with Crippen LogP contribution in [0.1, 0.15) is 17.9 Å². The van der Waals surface area contributed by atoms with Crippen molar-refractivity contribution in [2.75, 3.05) is 32.0 Å². The first-order valence-electron chi connectivity index (χ1n) is 7.57. The SMILES string of the molecule is Nc1ccccc1OCCN1CCC(c2ccccc2)C1. The summed E-state index contributed by atoms with van der Waals surface area (Å²) in [5.41, 5.74) is 8.04. The van der Waals surface area contributed by atoms with E-state index in [1.54, 1.807) is 0 Å². The van der Waals surface area contributed by atoms with Gasteiger partial charge in [-0.05, 0) is 36.6 Å². The lowest BCUT2D eigenvalue weighted by atomic mass is 9.99. The van der Waals surface area contributed by atoms with E-state index in [1.165, 1.54) is 12.0 Å². The van der Waals surface area contributed by atoms with Gasteiger partial charge in [-0.2, -0.15) is 0 Å². The summed E-state index contributed by atoms with van der Waals surface area (Å²) in [4.78, 5) is 2.47. The van der Waals surface area contributed by atoms with Crippen molar-refractivity contribution in [2.24, 2.45) is 0 Å². The second-order valence-electron chi connectivity index (χ2n) is 5.58. The minimum absolute atomic E-state index is 0.660. The summed E-state index contributed by atoms with van der Waals surface area (Å²) in [6.07, 6.45) is 1.23. The molecule has 1 fully saturated rings. The van der Waals surface area contributed by atoms with E-state index in [4.69, 9.17) is 10.5 Å². The lowest BCUT2D eigenvalue weighted by molar-refractivity contribution is 0.237. The van der Waals surface area contributed by atoms with E-state index in [-0.39, 0.29) is 0 Å². The fourth-order valence-corrected chi connectivity index (χ4v) is 2.93. The van der Waals surface area contributed by atoms with Gasteiger partial charge in [0.2, 0.25) is 0 Å². The molecule has 2 N–H and O–H groups in total. The predicted octanol–water partition coefficient (Wildman–Crippen LogP) is 3.14. The number of nitrogens with zero attached hydrogens (tertiary/aromatic N) is 1. The van der Waals surface area contributed by atoms with Crippen LogP contribution in [0.3, 0.4) is 0 Å². The summed E-state index contributed by atoms with van der Waals surface area (Å²) < 4.78 is 5.77. The molecule has 1 atom stereocenters. The van der Waals surface area contributed by atoms with Gasteiger partial charge in [-0.25, -0.2) is 0 Å². The Morgan fingerprint density at radius 2 is 1.81 bits per heavy atom. The number of rotatable bonds is 5. The molecule has 0 aromatic heterocycles. The molecular weight excluding hydrogens is 260 g/mol. The van der Waals surface area contributed by atoms with Crippen LogP contribution in [-0.2, 0) is 0 Å². The molecule has 0 aliphatic carbocycles. The third-order valence-electron chi connectivity index (χ3n) is 4.13. The molecule has 0 radical (unpaired) electrons. The summed E-state index contributed by atoms with van der Waals surface area (Å²) in [5, 5.41) is 0. The first-order chi connectivity index (χ1) is 10.3. The molecule has 21 heavy (non-hydrogen) atoms. The summed E-state index contributed by atoms with van der Waals surface area (Å²) in [6, 6.07) is 18.5. The van der Waals surface area contributed by atoms with Crippen LogP contribution in [0.5, 0.6) is 5.75 Å². The van der Waals surface area contributed by atoms with Crippen molar-refractivity contribution >= 4 is 5.69 Å². The standard InChI is InChI=1S/C18H22N2O/c19-17-8-4-5-9-18(17)21-13-12-20-11-10-16(14-20)15-6-2-1-3-7-15/h1-9,16H,10-14,19H2. The molecule has 110 valence electrons. The molecule has 0 spiro atoms. The fourth-order valence-electron chi connectivity index (χ4n) is 2.93. The molecule has 3 heteroatoms. The van der Waals surface area contributed by atoms with Crippen LogP contribution in [0.4, 0.5) is 5.69 Å². The summed E-state index contributed by atoms with van der Waals surface area (Å²) in [6.45, 7) is 3.91. The normalized spacial score (nSPS) is 18.8. The van der Waals surface area contributed by atoms with Crippen LogP contribution in [0.15, 0.2) is 54.6 Å². The number of anilines is 1. The zero-order valence-corrected chi connectivity index (χ0v) is 12.2. The summed E-state index contributed by atoms with van der Waals surface area (Å²) >= 11 is 0. The number of ether oxygens (including phenoxy) is 1. The van der Waals surface area contributed by atoms with Crippen LogP contribution >= 0.6 is 0 Å². The molecular formula is C18H22N2O. The van der Waals surface area contributed by atoms with E-state index in [1.807, 2.05) is 24.3 Å². The Labute approximate surface area is 126 Å². The molecule has 0 saturated carbocycles. The van der Waals surface area contributed by atoms with Crippen molar-refractivity contribution in [2.45, 2.75) is 12.3 Å².